The van der Waals surface area contributed by atoms with E-state index in [0.717, 1.165) is 71.7 Å². The third-order valence-electron chi connectivity index (χ3n) is 6.67. The van der Waals surface area contributed by atoms with Crippen LogP contribution in [0.1, 0.15) is 5.56 Å². The van der Waals surface area contributed by atoms with E-state index in [1.54, 1.807) is 6.33 Å². The molecule has 0 saturated carbocycles. The predicted molar refractivity (Wildman–Crippen MR) is 139 cm³/mol. The molecule has 0 spiro atoms. The van der Waals surface area contributed by atoms with Crippen molar-refractivity contribution in [1.82, 2.24) is 29.6 Å². The van der Waals surface area contributed by atoms with Crippen molar-refractivity contribution in [3.8, 4) is 22.3 Å². The Labute approximate surface area is 204 Å². The average molecular weight is 462 g/mol. The molecule has 1 aliphatic rings. The van der Waals surface area contributed by atoms with E-state index in [1.807, 2.05) is 36.5 Å². The largest absolute Gasteiger partial charge is 0.354 e. The van der Waals surface area contributed by atoms with Gasteiger partial charge in [0.05, 0.1) is 11.7 Å². The highest BCUT2D eigenvalue weighted by molar-refractivity contribution is 5.97. The van der Waals surface area contributed by atoms with Gasteiger partial charge in [0.1, 0.15) is 12.1 Å². The highest BCUT2D eigenvalue weighted by atomic mass is 15.3. The van der Waals surface area contributed by atoms with Crippen LogP contribution in [0.4, 0.5) is 5.82 Å². The van der Waals surface area contributed by atoms with E-state index in [1.165, 1.54) is 5.56 Å². The molecule has 0 bridgehead atoms. The van der Waals surface area contributed by atoms with Crippen LogP contribution < -0.4 is 4.90 Å². The minimum Gasteiger partial charge on any atom is -0.354 e. The maximum Gasteiger partial charge on any atom is 0.128 e. The molecule has 7 nitrogen and oxygen atoms in total. The Morgan fingerprint density at radius 1 is 0.800 bits per heavy atom. The molecule has 0 atom stereocenters. The SMILES string of the molecule is Cn1cc(-c2cc(-c3ccc(N4CCN(Cc5ccccc5)CC4)nc3)c3cncnc3c2)cn1. The van der Waals surface area contributed by atoms with Gasteiger partial charge in [0.25, 0.3) is 0 Å². The van der Waals surface area contributed by atoms with E-state index in [9.17, 15) is 0 Å². The highest BCUT2D eigenvalue weighted by Crippen LogP contribution is 2.33. The highest BCUT2D eigenvalue weighted by Gasteiger charge is 2.18. The smallest absolute Gasteiger partial charge is 0.128 e. The minimum atomic E-state index is 0.912. The summed E-state index contributed by atoms with van der Waals surface area (Å²) in [7, 11) is 1.93. The summed E-state index contributed by atoms with van der Waals surface area (Å²) < 4.78 is 1.81. The van der Waals surface area contributed by atoms with E-state index in [0.29, 0.717) is 0 Å². The Bertz CT molecular complexity index is 1440. The topological polar surface area (TPSA) is 63.0 Å². The monoisotopic (exact) mass is 461 g/mol. The molecule has 0 N–H and O–H groups in total. The van der Waals surface area contributed by atoms with Gasteiger partial charge >= 0.3 is 0 Å². The summed E-state index contributed by atoms with van der Waals surface area (Å²) in [6.07, 6.45) is 9.35. The van der Waals surface area contributed by atoms with Crippen LogP contribution in [0.3, 0.4) is 0 Å². The standard InChI is InChI=1S/C28H27N7/c1-33-19-24(16-32-33)23-13-25(26-17-29-20-31-27(26)14-23)22-7-8-28(30-15-22)35-11-9-34(10-12-35)18-21-5-3-2-4-6-21/h2-8,13-17,19-20H,9-12,18H2,1H3. The molecule has 1 fully saturated rings. The molecule has 1 saturated heterocycles. The van der Waals surface area contributed by atoms with Crippen molar-refractivity contribution in [3.05, 3.63) is 91.3 Å². The maximum atomic E-state index is 4.85. The lowest BCUT2D eigenvalue weighted by Gasteiger charge is -2.35. The van der Waals surface area contributed by atoms with Crippen LogP contribution in [0, 0.1) is 0 Å². The van der Waals surface area contributed by atoms with Gasteiger partial charge in [-0.15, -0.1) is 0 Å². The Morgan fingerprint density at radius 2 is 1.66 bits per heavy atom. The fourth-order valence-corrected chi connectivity index (χ4v) is 4.77. The van der Waals surface area contributed by atoms with Gasteiger partial charge in [-0.2, -0.15) is 5.10 Å². The maximum absolute atomic E-state index is 4.85. The first-order valence-corrected chi connectivity index (χ1v) is 11.9. The molecular formula is C28H27N7. The zero-order valence-electron chi connectivity index (χ0n) is 19.7. The molecule has 174 valence electrons. The van der Waals surface area contributed by atoms with Crippen LogP contribution >= 0.6 is 0 Å². The molecule has 0 aliphatic carbocycles. The Morgan fingerprint density at radius 3 is 2.40 bits per heavy atom. The molecule has 7 heteroatoms. The third kappa shape index (κ3) is 4.50. The van der Waals surface area contributed by atoms with Gasteiger partial charge in [-0.3, -0.25) is 9.58 Å². The minimum absolute atomic E-state index is 0.912. The lowest BCUT2D eigenvalue weighted by atomic mass is 9.97. The van der Waals surface area contributed by atoms with Gasteiger partial charge in [0, 0.05) is 74.9 Å². The van der Waals surface area contributed by atoms with Gasteiger partial charge in [-0.05, 0) is 41.0 Å². The lowest BCUT2D eigenvalue weighted by molar-refractivity contribution is 0.249. The fourth-order valence-electron chi connectivity index (χ4n) is 4.77. The Kier molecular flexibility index (Phi) is 5.68. The van der Waals surface area contributed by atoms with Crippen LogP contribution in [0.15, 0.2) is 85.7 Å². The van der Waals surface area contributed by atoms with Gasteiger partial charge in [0.2, 0.25) is 0 Å². The van der Waals surface area contributed by atoms with Crippen molar-refractivity contribution in [2.45, 2.75) is 6.54 Å². The lowest BCUT2D eigenvalue weighted by Crippen LogP contribution is -2.46. The molecular weight excluding hydrogens is 434 g/mol. The second-order valence-electron chi connectivity index (χ2n) is 9.04. The third-order valence-corrected chi connectivity index (χ3v) is 6.67. The summed E-state index contributed by atoms with van der Waals surface area (Å²) >= 11 is 0. The number of benzene rings is 2. The Balaban J connectivity index is 1.22. The van der Waals surface area contributed by atoms with Gasteiger partial charge in [-0.1, -0.05) is 30.3 Å². The van der Waals surface area contributed by atoms with Crippen LogP contribution in [0.25, 0.3) is 33.2 Å². The van der Waals surface area contributed by atoms with E-state index < -0.39 is 0 Å². The number of rotatable bonds is 5. The number of nitrogens with zero attached hydrogens (tertiary/aromatic N) is 7. The number of aryl methyl sites for hydroxylation is 1. The van der Waals surface area contributed by atoms with E-state index in [-0.39, 0.29) is 0 Å². The number of hydrogen-bond acceptors (Lipinski definition) is 6. The zero-order chi connectivity index (χ0) is 23.6. The van der Waals surface area contributed by atoms with Crippen LogP contribution in [-0.2, 0) is 13.6 Å². The quantitative estimate of drug-likeness (QED) is 0.386. The number of piperazine rings is 1. The van der Waals surface area contributed by atoms with E-state index >= 15 is 0 Å². The fraction of sp³-hybridized carbons (Fsp3) is 0.214. The van der Waals surface area contributed by atoms with E-state index in [4.69, 9.17) is 4.98 Å². The molecule has 3 aromatic heterocycles. The van der Waals surface area contributed by atoms with E-state index in [2.05, 4.69) is 79.5 Å². The van der Waals surface area contributed by atoms with Crippen LogP contribution in [-0.4, -0.2) is 55.8 Å². The van der Waals surface area contributed by atoms with Crippen molar-refractivity contribution >= 4 is 16.7 Å². The first kappa shape index (κ1) is 21.4. The second-order valence-corrected chi connectivity index (χ2v) is 9.04. The van der Waals surface area contributed by atoms with Crippen LogP contribution in [0.5, 0.6) is 0 Å². The summed E-state index contributed by atoms with van der Waals surface area (Å²) in [5.74, 6) is 1.03. The number of pyridine rings is 1. The number of aromatic nitrogens is 5. The van der Waals surface area contributed by atoms with Crippen molar-refractivity contribution in [3.63, 3.8) is 0 Å². The summed E-state index contributed by atoms with van der Waals surface area (Å²) in [6.45, 7) is 5.03. The van der Waals surface area contributed by atoms with Crippen molar-refractivity contribution in [1.29, 1.82) is 0 Å². The summed E-state index contributed by atoms with van der Waals surface area (Å²) in [5.41, 5.74) is 6.56. The molecule has 2 aromatic carbocycles. The number of anilines is 1. The van der Waals surface area contributed by atoms with Gasteiger partial charge in [0.15, 0.2) is 0 Å². The average Bonchev–Trinajstić information content (AvgIpc) is 3.35. The number of fused-ring (bicyclic) bond motifs is 1. The summed E-state index contributed by atoms with van der Waals surface area (Å²) in [5, 5.41) is 5.35. The molecule has 4 heterocycles. The summed E-state index contributed by atoms with van der Waals surface area (Å²) in [4.78, 5) is 18.5. The van der Waals surface area contributed by atoms with Crippen molar-refractivity contribution in [2.24, 2.45) is 7.05 Å². The molecule has 0 radical (unpaired) electrons. The van der Waals surface area contributed by atoms with Gasteiger partial charge in [-0.25, -0.2) is 15.0 Å². The van der Waals surface area contributed by atoms with Gasteiger partial charge < -0.3 is 4.90 Å². The second kappa shape index (κ2) is 9.27. The van der Waals surface area contributed by atoms with Crippen LogP contribution in [0.2, 0.25) is 0 Å². The summed E-state index contributed by atoms with van der Waals surface area (Å²) in [6, 6.07) is 19.3. The molecule has 35 heavy (non-hydrogen) atoms. The molecule has 0 amide bonds. The molecule has 1 aliphatic heterocycles. The Hall–Kier alpha value is -4.10. The van der Waals surface area contributed by atoms with Crippen molar-refractivity contribution < 1.29 is 0 Å². The van der Waals surface area contributed by atoms with Crippen molar-refractivity contribution in [2.75, 3.05) is 31.1 Å². The molecule has 5 aromatic rings. The number of hydrogen-bond donors (Lipinski definition) is 0. The zero-order valence-corrected chi connectivity index (χ0v) is 19.7. The first-order valence-electron chi connectivity index (χ1n) is 11.9. The molecule has 6 rings (SSSR count). The first-order chi connectivity index (χ1) is 17.2. The molecule has 0 unspecified atom stereocenters. The normalized spacial score (nSPS) is 14.5. The predicted octanol–water partition coefficient (Wildman–Crippen LogP) is 4.41.